The molecule has 1 saturated heterocycles. The van der Waals surface area contributed by atoms with Crippen LogP contribution in [0.15, 0.2) is 0 Å². The van der Waals surface area contributed by atoms with E-state index in [-0.39, 0.29) is 5.54 Å². The largest absolute Gasteiger partial charge is 0.302 e. The first-order valence-corrected chi connectivity index (χ1v) is 6.96. The second-order valence-electron chi connectivity index (χ2n) is 6.07. The lowest BCUT2D eigenvalue weighted by atomic mass is 9.92. The molecule has 0 amide bonds. The Labute approximate surface area is 105 Å². The number of hydrogen-bond acceptors (Lipinski definition) is 3. The maximum atomic E-state index is 9.32. The zero-order valence-electron chi connectivity index (χ0n) is 11.4. The molecule has 1 saturated carbocycles. The summed E-state index contributed by atoms with van der Waals surface area (Å²) in [7, 11) is 1.92. The van der Waals surface area contributed by atoms with E-state index in [0.29, 0.717) is 12.1 Å². The number of nitrogens with zero attached hydrogens (tertiary/aromatic N) is 2. The monoisotopic (exact) mass is 235 g/mol. The molecule has 4 atom stereocenters. The van der Waals surface area contributed by atoms with Crippen LogP contribution >= 0.6 is 0 Å². The second kappa shape index (κ2) is 4.96. The molecule has 0 bridgehead atoms. The first-order valence-electron chi connectivity index (χ1n) is 6.96. The topological polar surface area (TPSA) is 39.1 Å². The van der Waals surface area contributed by atoms with Crippen molar-refractivity contribution in [1.82, 2.24) is 10.2 Å². The van der Waals surface area contributed by atoms with Crippen LogP contribution in [0.2, 0.25) is 0 Å². The lowest BCUT2D eigenvalue weighted by Crippen LogP contribution is -2.48. The highest BCUT2D eigenvalue weighted by molar-refractivity contribution is 5.13. The Hall–Kier alpha value is -0.590. The van der Waals surface area contributed by atoms with Crippen molar-refractivity contribution < 1.29 is 0 Å². The predicted molar refractivity (Wildman–Crippen MR) is 69.6 cm³/mol. The van der Waals surface area contributed by atoms with Crippen LogP contribution in [0.3, 0.4) is 0 Å². The van der Waals surface area contributed by atoms with E-state index in [9.17, 15) is 5.26 Å². The highest BCUT2D eigenvalue weighted by Gasteiger charge is 2.42. The minimum absolute atomic E-state index is 0.259. The molecular formula is C14H25N3. The molecule has 96 valence electrons. The third-order valence-corrected chi connectivity index (χ3v) is 4.82. The number of piperidine rings is 1. The minimum Gasteiger partial charge on any atom is -0.302 e. The summed E-state index contributed by atoms with van der Waals surface area (Å²) in [5, 5.41) is 12.6. The van der Waals surface area contributed by atoms with Gasteiger partial charge in [-0.1, -0.05) is 6.92 Å². The van der Waals surface area contributed by atoms with Gasteiger partial charge in [-0.25, -0.2) is 0 Å². The number of hydrogen-bond donors (Lipinski definition) is 1. The van der Waals surface area contributed by atoms with E-state index in [4.69, 9.17) is 0 Å². The van der Waals surface area contributed by atoms with Gasteiger partial charge in [-0.2, -0.15) is 5.26 Å². The van der Waals surface area contributed by atoms with Gasteiger partial charge in [0.15, 0.2) is 0 Å². The third-order valence-electron chi connectivity index (χ3n) is 4.82. The van der Waals surface area contributed by atoms with Crippen LogP contribution in [0.4, 0.5) is 0 Å². The fraction of sp³-hybridized carbons (Fsp3) is 0.929. The molecule has 3 nitrogen and oxygen atoms in total. The van der Waals surface area contributed by atoms with Crippen LogP contribution < -0.4 is 5.32 Å². The fourth-order valence-corrected chi connectivity index (χ4v) is 3.52. The van der Waals surface area contributed by atoms with E-state index < -0.39 is 0 Å². The van der Waals surface area contributed by atoms with Gasteiger partial charge in [0.25, 0.3) is 0 Å². The molecule has 0 aromatic heterocycles. The molecule has 0 spiro atoms. The van der Waals surface area contributed by atoms with Crippen LogP contribution in [0.5, 0.6) is 0 Å². The molecule has 2 fully saturated rings. The van der Waals surface area contributed by atoms with Gasteiger partial charge in [0, 0.05) is 18.6 Å². The van der Waals surface area contributed by atoms with Crippen molar-refractivity contribution in [3.63, 3.8) is 0 Å². The number of likely N-dealkylation sites (tertiary alicyclic amines) is 1. The van der Waals surface area contributed by atoms with E-state index in [2.05, 4.69) is 30.1 Å². The lowest BCUT2D eigenvalue weighted by Gasteiger charge is -2.41. The molecular weight excluding hydrogens is 210 g/mol. The lowest BCUT2D eigenvalue weighted by molar-refractivity contribution is 0.0770. The van der Waals surface area contributed by atoms with Crippen molar-refractivity contribution in [3.05, 3.63) is 0 Å². The summed E-state index contributed by atoms with van der Waals surface area (Å²) in [6.45, 7) is 5.91. The smallest absolute Gasteiger partial charge is 0.108 e. The van der Waals surface area contributed by atoms with Crippen molar-refractivity contribution in [2.45, 2.75) is 63.6 Å². The fourth-order valence-electron chi connectivity index (χ4n) is 3.52. The second-order valence-corrected chi connectivity index (χ2v) is 6.07. The van der Waals surface area contributed by atoms with Gasteiger partial charge in [-0.05, 0) is 52.0 Å². The molecule has 2 aliphatic rings. The third kappa shape index (κ3) is 2.48. The summed E-state index contributed by atoms with van der Waals surface area (Å²) in [6.07, 6.45) is 5.85. The van der Waals surface area contributed by atoms with Crippen LogP contribution in [0.25, 0.3) is 0 Å². The minimum atomic E-state index is -0.259. The summed E-state index contributed by atoms with van der Waals surface area (Å²) in [4.78, 5) is 2.66. The van der Waals surface area contributed by atoms with Crippen molar-refractivity contribution >= 4 is 0 Å². The molecule has 0 radical (unpaired) electrons. The van der Waals surface area contributed by atoms with Gasteiger partial charge < -0.3 is 5.32 Å². The van der Waals surface area contributed by atoms with Gasteiger partial charge in [0.05, 0.1) is 6.07 Å². The molecule has 3 heteroatoms. The Morgan fingerprint density at radius 3 is 2.65 bits per heavy atom. The van der Waals surface area contributed by atoms with Gasteiger partial charge in [-0.3, -0.25) is 4.90 Å². The Bertz CT molecular complexity index is 309. The van der Waals surface area contributed by atoms with Crippen molar-refractivity contribution in [2.75, 3.05) is 13.6 Å². The van der Waals surface area contributed by atoms with E-state index in [1.165, 1.54) is 25.8 Å². The number of nitrogens with one attached hydrogen (secondary N) is 1. The molecule has 2 rings (SSSR count). The van der Waals surface area contributed by atoms with Gasteiger partial charge in [-0.15, -0.1) is 0 Å². The molecule has 1 heterocycles. The van der Waals surface area contributed by atoms with Crippen LogP contribution in [-0.4, -0.2) is 36.1 Å². The first kappa shape index (κ1) is 12.9. The van der Waals surface area contributed by atoms with Gasteiger partial charge in [0.2, 0.25) is 0 Å². The standard InChI is InChI=1S/C14H25N3/c1-11-4-5-12(2)17(9-11)13-6-7-14(8-13,10-15)16-3/h11-13,16H,4-9H2,1-3H3. The highest BCUT2D eigenvalue weighted by atomic mass is 15.2. The quantitative estimate of drug-likeness (QED) is 0.797. The zero-order valence-corrected chi connectivity index (χ0v) is 11.4. The van der Waals surface area contributed by atoms with Crippen LogP contribution in [0.1, 0.15) is 46.0 Å². The van der Waals surface area contributed by atoms with Crippen molar-refractivity contribution in [3.8, 4) is 6.07 Å². The van der Waals surface area contributed by atoms with Crippen LogP contribution in [0, 0.1) is 17.2 Å². The zero-order chi connectivity index (χ0) is 12.5. The van der Waals surface area contributed by atoms with E-state index in [1.54, 1.807) is 0 Å². The predicted octanol–water partition coefficient (Wildman–Crippen LogP) is 2.14. The van der Waals surface area contributed by atoms with E-state index in [1.807, 2.05) is 7.05 Å². The summed E-state index contributed by atoms with van der Waals surface area (Å²) < 4.78 is 0. The van der Waals surface area contributed by atoms with Crippen LogP contribution in [-0.2, 0) is 0 Å². The SMILES string of the molecule is CNC1(C#N)CCC(N2CC(C)CCC2C)C1. The molecule has 0 aromatic carbocycles. The summed E-state index contributed by atoms with van der Waals surface area (Å²) >= 11 is 0. The van der Waals surface area contributed by atoms with Gasteiger partial charge in [0.1, 0.15) is 5.54 Å². The summed E-state index contributed by atoms with van der Waals surface area (Å²) in [5.74, 6) is 0.817. The van der Waals surface area contributed by atoms with E-state index in [0.717, 1.165) is 18.8 Å². The Morgan fingerprint density at radius 1 is 1.29 bits per heavy atom. The van der Waals surface area contributed by atoms with Crippen molar-refractivity contribution in [2.24, 2.45) is 5.92 Å². The molecule has 1 aliphatic heterocycles. The maximum Gasteiger partial charge on any atom is 0.108 e. The Morgan fingerprint density at radius 2 is 2.06 bits per heavy atom. The van der Waals surface area contributed by atoms with Crippen molar-refractivity contribution in [1.29, 1.82) is 5.26 Å². The Balaban J connectivity index is 2.02. The molecule has 1 N–H and O–H groups in total. The normalized spacial score (nSPS) is 43.5. The van der Waals surface area contributed by atoms with E-state index >= 15 is 0 Å². The van der Waals surface area contributed by atoms with Gasteiger partial charge >= 0.3 is 0 Å². The molecule has 17 heavy (non-hydrogen) atoms. The first-order chi connectivity index (χ1) is 8.10. The summed E-state index contributed by atoms with van der Waals surface area (Å²) in [6, 6.07) is 3.79. The molecule has 4 unspecified atom stereocenters. The highest BCUT2D eigenvalue weighted by Crippen LogP contribution is 2.36. The number of rotatable bonds is 2. The molecule has 0 aromatic rings. The maximum absolute atomic E-state index is 9.32. The average Bonchev–Trinajstić information content (AvgIpc) is 2.77. The molecule has 1 aliphatic carbocycles. The average molecular weight is 235 g/mol. The number of nitriles is 1. The Kier molecular flexibility index (Phi) is 3.75. The summed E-state index contributed by atoms with van der Waals surface area (Å²) in [5.41, 5.74) is -0.259.